The summed E-state index contributed by atoms with van der Waals surface area (Å²) in [7, 11) is 0. The van der Waals surface area contributed by atoms with E-state index in [0.717, 1.165) is 22.6 Å². The van der Waals surface area contributed by atoms with Crippen molar-refractivity contribution in [2.45, 2.75) is 6.92 Å². The van der Waals surface area contributed by atoms with E-state index in [0.29, 0.717) is 5.70 Å². The van der Waals surface area contributed by atoms with Gasteiger partial charge < -0.3 is 4.74 Å². The highest BCUT2D eigenvalue weighted by Gasteiger charge is 2.02. The Bertz CT molecular complexity index is 632. The zero-order valence-electron chi connectivity index (χ0n) is 11.3. The highest BCUT2D eigenvalue weighted by Crippen LogP contribution is 2.26. The molecule has 0 radical (unpaired) electrons. The Balaban J connectivity index is 2.24. The Hall–Kier alpha value is -2.52. The van der Waals surface area contributed by atoms with E-state index in [1.807, 2.05) is 67.0 Å². The van der Waals surface area contributed by atoms with E-state index < -0.39 is 0 Å². The number of allylic oxidation sites excluding steroid dienone is 1. The molecule has 0 heterocycles. The molecule has 0 saturated heterocycles. The van der Waals surface area contributed by atoms with Gasteiger partial charge in [-0.15, -0.1) is 0 Å². The molecule has 2 N–H and O–H groups in total. The second-order valence-electron chi connectivity index (χ2n) is 4.43. The van der Waals surface area contributed by atoms with Gasteiger partial charge in [0.1, 0.15) is 11.5 Å². The maximum atomic E-state index is 8.72. The van der Waals surface area contributed by atoms with Gasteiger partial charge in [0.15, 0.2) is 0 Å². The van der Waals surface area contributed by atoms with E-state index in [1.165, 1.54) is 0 Å². The molecule has 0 amide bonds. The lowest BCUT2D eigenvalue weighted by Crippen LogP contribution is -2.01. The summed E-state index contributed by atoms with van der Waals surface area (Å²) in [5.74, 6) is 1.55. The number of hydrogen-bond acceptors (Lipinski definition) is 3. The molecule has 0 bridgehead atoms. The van der Waals surface area contributed by atoms with Crippen molar-refractivity contribution in [2.24, 2.45) is 0 Å². The monoisotopic (exact) mass is 267 g/mol. The molecule has 0 aliphatic heterocycles. The third-order valence-electron chi connectivity index (χ3n) is 2.74. The highest BCUT2D eigenvalue weighted by molar-refractivity contribution is 5.59. The van der Waals surface area contributed by atoms with Crippen molar-refractivity contribution < 1.29 is 9.94 Å². The Kier molecular flexibility index (Phi) is 4.58. The van der Waals surface area contributed by atoms with Crippen LogP contribution in [0.25, 0.3) is 6.08 Å². The van der Waals surface area contributed by atoms with Crippen molar-refractivity contribution in [3.05, 3.63) is 78.0 Å². The lowest BCUT2D eigenvalue weighted by Gasteiger charge is -2.09. The van der Waals surface area contributed by atoms with Crippen LogP contribution in [0.4, 0.5) is 0 Å². The van der Waals surface area contributed by atoms with Gasteiger partial charge in [-0.3, -0.25) is 10.7 Å². The van der Waals surface area contributed by atoms with E-state index in [-0.39, 0.29) is 0 Å². The van der Waals surface area contributed by atoms with Crippen LogP contribution in [0.5, 0.6) is 11.5 Å². The number of hydroxylamine groups is 1. The Morgan fingerprint density at radius 1 is 1.20 bits per heavy atom. The first-order chi connectivity index (χ1) is 9.69. The second kappa shape index (κ2) is 6.59. The average Bonchev–Trinajstić information content (AvgIpc) is 2.46. The summed E-state index contributed by atoms with van der Waals surface area (Å²) in [6, 6.07) is 15.6. The van der Waals surface area contributed by atoms with Gasteiger partial charge in [-0.05, 0) is 42.8 Å². The summed E-state index contributed by atoms with van der Waals surface area (Å²) in [5.41, 5.74) is 4.46. The molecule has 2 rings (SSSR count). The lowest BCUT2D eigenvalue weighted by atomic mass is 10.1. The van der Waals surface area contributed by atoms with Gasteiger partial charge in [0.2, 0.25) is 0 Å². The molecule has 0 saturated carbocycles. The fourth-order valence-corrected chi connectivity index (χ4v) is 1.74. The summed E-state index contributed by atoms with van der Waals surface area (Å²) in [4.78, 5) is 0. The minimum atomic E-state index is 0.412. The van der Waals surface area contributed by atoms with Crippen LogP contribution in [-0.4, -0.2) is 5.21 Å². The van der Waals surface area contributed by atoms with Gasteiger partial charge >= 0.3 is 0 Å². The molecule has 0 aromatic heterocycles. The van der Waals surface area contributed by atoms with E-state index >= 15 is 0 Å². The number of ether oxygens (including phenoxy) is 1. The number of nitrogens with one attached hydrogen (secondary N) is 1. The van der Waals surface area contributed by atoms with Crippen LogP contribution in [0.3, 0.4) is 0 Å². The number of aryl methyl sites for hydroxylation is 1. The fraction of sp³-hybridized carbons (Fsp3) is 0.0588. The van der Waals surface area contributed by atoms with Crippen LogP contribution in [0.1, 0.15) is 11.1 Å². The zero-order valence-corrected chi connectivity index (χ0v) is 11.3. The van der Waals surface area contributed by atoms with E-state index in [4.69, 9.17) is 9.94 Å². The zero-order chi connectivity index (χ0) is 14.4. The van der Waals surface area contributed by atoms with Crippen LogP contribution in [-0.2, 0) is 0 Å². The molecule has 20 heavy (non-hydrogen) atoms. The summed E-state index contributed by atoms with van der Waals surface area (Å²) >= 11 is 0. The van der Waals surface area contributed by atoms with Gasteiger partial charge in [-0.1, -0.05) is 36.9 Å². The first kappa shape index (κ1) is 13.9. The topological polar surface area (TPSA) is 41.5 Å². The minimum Gasteiger partial charge on any atom is -0.457 e. The van der Waals surface area contributed by atoms with Crippen LogP contribution in [0.15, 0.2) is 66.9 Å². The SMILES string of the molecule is C=C(/C=C/c1ccccc1Oc1cccc(C)c1)NO. The molecule has 0 atom stereocenters. The van der Waals surface area contributed by atoms with Crippen molar-refractivity contribution in [1.29, 1.82) is 0 Å². The van der Waals surface area contributed by atoms with Crippen molar-refractivity contribution in [2.75, 3.05) is 0 Å². The summed E-state index contributed by atoms with van der Waals surface area (Å²) in [5, 5.41) is 8.72. The smallest absolute Gasteiger partial charge is 0.134 e. The molecule has 0 fully saturated rings. The summed E-state index contributed by atoms with van der Waals surface area (Å²) < 4.78 is 5.89. The van der Waals surface area contributed by atoms with Crippen molar-refractivity contribution >= 4 is 6.08 Å². The molecule has 0 aliphatic rings. The van der Waals surface area contributed by atoms with Gasteiger partial charge in [0, 0.05) is 5.56 Å². The summed E-state index contributed by atoms with van der Waals surface area (Å²) in [6.45, 7) is 5.65. The third-order valence-corrected chi connectivity index (χ3v) is 2.74. The molecule has 0 unspecified atom stereocenters. The molecule has 2 aromatic carbocycles. The molecular formula is C17H17NO2. The maximum Gasteiger partial charge on any atom is 0.134 e. The fourth-order valence-electron chi connectivity index (χ4n) is 1.74. The van der Waals surface area contributed by atoms with Crippen molar-refractivity contribution in [3.63, 3.8) is 0 Å². The lowest BCUT2D eigenvalue weighted by molar-refractivity contribution is 0.205. The van der Waals surface area contributed by atoms with Crippen LogP contribution in [0, 0.1) is 6.92 Å². The Labute approximate surface area is 118 Å². The van der Waals surface area contributed by atoms with Crippen molar-refractivity contribution in [3.8, 4) is 11.5 Å². The van der Waals surface area contributed by atoms with E-state index in [1.54, 1.807) is 6.08 Å². The van der Waals surface area contributed by atoms with E-state index in [2.05, 4.69) is 6.58 Å². The molecule has 0 spiro atoms. The highest BCUT2D eigenvalue weighted by atomic mass is 16.5. The molecule has 3 nitrogen and oxygen atoms in total. The van der Waals surface area contributed by atoms with Crippen LogP contribution in [0.2, 0.25) is 0 Å². The third kappa shape index (κ3) is 3.73. The molecular weight excluding hydrogens is 250 g/mol. The maximum absolute atomic E-state index is 8.72. The van der Waals surface area contributed by atoms with Crippen molar-refractivity contribution in [1.82, 2.24) is 5.48 Å². The van der Waals surface area contributed by atoms with Gasteiger partial charge in [-0.25, -0.2) is 0 Å². The normalized spacial score (nSPS) is 10.5. The first-order valence-electron chi connectivity index (χ1n) is 6.29. The van der Waals surface area contributed by atoms with Crippen LogP contribution < -0.4 is 10.2 Å². The predicted octanol–water partition coefficient (Wildman–Crippen LogP) is 4.29. The quantitative estimate of drug-likeness (QED) is 0.627. The largest absolute Gasteiger partial charge is 0.457 e. The Morgan fingerprint density at radius 3 is 2.75 bits per heavy atom. The number of para-hydroxylation sites is 1. The van der Waals surface area contributed by atoms with Gasteiger partial charge in [0.25, 0.3) is 0 Å². The number of benzene rings is 2. The number of rotatable bonds is 5. The van der Waals surface area contributed by atoms with Gasteiger partial charge in [0.05, 0.1) is 5.70 Å². The van der Waals surface area contributed by atoms with E-state index in [9.17, 15) is 0 Å². The molecule has 3 heteroatoms. The molecule has 102 valence electrons. The molecule has 2 aromatic rings. The summed E-state index contributed by atoms with van der Waals surface area (Å²) in [6.07, 6.45) is 3.51. The predicted molar refractivity (Wildman–Crippen MR) is 80.8 cm³/mol. The Morgan fingerprint density at radius 2 is 2.00 bits per heavy atom. The van der Waals surface area contributed by atoms with Gasteiger partial charge in [-0.2, -0.15) is 0 Å². The number of hydrogen-bond donors (Lipinski definition) is 2. The molecule has 0 aliphatic carbocycles. The standard InChI is InChI=1S/C17H17NO2/c1-13-6-5-8-16(12-13)20-17-9-4-3-7-15(17)11-10-14(2)18-19/h3-12,18-19H,2H2,1H3/b11-10+. The first-order valence-corrected chi connectivity index (χ1v) is 6.29. The second-order valence-corrected chi connectivity index (χ2v) is 4.43. The van der Waals surface area contributed by atoms with Crippen LogP contribution >= 0.6 is 0 Å². The minimum absolute atomic E-state index is 0.412. The average molecular weight is 267 g/mol.